The quantitative estimate of drug-likeness (QED) is 0.730. The Morgan fingerprint density at radius 1 is 1.25 bits per heavy atom. The fourth-order valence-corrected chi connectivity index (χ4v) is 1.87. The standard InChI is InChI=1S/C15H24N2O3/c1-16(9-4-10-20-3)12-15(19)17(2)11-13-5-7-14(18)8-6-13/h5-8,18H,4,9-12H2,1-3H3. The van der Waals surface area contributed by atoms with Crippen molar-refractivity contribution in [3.8, 4) is 5.75 Å². The molecule has 0 fully saturated rings. The zero-order chi connectivity index (χ0) is 15.0. The molecule has 0 heterocycles. The number of benzene rings is 1. The Kier molecular flexibility index (Phi) is 7.04. The lowest BCUT2D eigenvalue weighted by Crippen LogP contribution is -2.36. The SMILES string of the molecule is COCCCN(C)CC(=O)N(C)Cc1ccc(O)cc1. The van der Waals surface area contributed by atoms with Gasteiger partial charge in [0.15, 0.2) is 0 Å². The summed E-state index contributed by atoms with van der Waals surface area (Å²) in [5.74, 6) is 0.318. The minimum atomic E-state index is 0.0815. The maximum absolute atomic E-state index is 12.1. The van der Waals surface area contributed by atoms with E-state index in [4.69, 9.17) is 4.74 Å². The van der Waals surface area contributed by atoms with E-state index in [9.17, 15) is 9.90 Å². The van der Waals surface area contributed by atoms with E-state index in [1.54, 1.807) is 31.2 Å². The molecule has 1 rings (SSSR count). The van der Waals surface area contributed by atoms with E-state index in [0.717, 1.165) is 18.5 Å². The van der Waals surface area contributed by atoms with Crippen LogP contribution in [-0.2, 0) is 16.1 Å². The first kappa shape index (κ1) is 16.5. The van der Waals surface area contributed by atoms with Crippen LogP contribution >= 0.6 is 0 Å². The van der Waals surface area contributed by atoms with E-state index >= 15 is 0 Å². The molecule has 0 saturated heterocycles. The third kappa shape index (κ3) is 6.04. The second kappa shape index (κ2) is 8.55. The fourth-order valence-electron chi connectivity index (χ4n) is 1.87. The van der Waals surface area contributed by atoms with Crippen LogP contribution in [-0.4, -0.2) is 61.7 Å². The van der Waals surface area contributed by atoms with Crippen molar-refractivity contribution in [1.82, 2.24) is 9.80 Å². The van der Waals surface area contributed by atoms with Crippen LogP contribution in [0.1, 0.15) is 12.0 Å². The highest BCUT2D eigenvalue weighted by Crippen LogP contribution is 2.11. The van der Waals surface area contributed by atoms with E-state index in [2.05, 4.69) is 0 Å². The number of nitrogens with zero attached hydrogens (tertiary/aromatic N) is 2. The molecule has 0 aliphatic heterocycles. The monoisotopic (exact) mass is 280 g/mol. The maximum Gasteiger partial charge on any atom is 0.236 e. The molecule has 5 heteroatoms. The lowest BCUT2D eigenvalue weighted by atomic mass is 10.2. The van der Waals surface area contributed by atoms with E-state index in [0.29, 0.717) is 19.7 Å². The van der Waals surface area contributed by atoms with Crippen molar-refractivity contribution in [1.29, 1.82) is 0 Å². The zero-order valence-electron chi connectivity index (χ0n) is 12.5. The molecule has 0 bridgehead atoms. The predicted octanol–water partition coefficient (Wildman–Crippen LogP) is 1.32. The topological polar surface area (TPSA) is 53.0 Å². The van der Waals surface area contributed by atoms with Crippen LogP contribution in [0.2, 0.25) is 0 Å². The molecule has 0 aliphatic carbocycles. The van der Waals surface area contributed by atoms with E-state index in [1.807, 2.05) is 24.1 Å². The number of hydrogen-bond acceptors (Lipinski definition) is 4. The van der Waals surface area contributed by atoms with Gasteiger partial charge >= 0.3 is 0 Å². The average molecular weight is 280 g/mol. The van der Waals surface area contributed by atoms with Gasteiger partial charge in [0, 0.05) is 33.9 Å². The molecule has 1 N–H and O–H groups in total. The first-order valence-corrected chi connectivity index (χ1v) is 6.72. The van der Waals surface area contributed by atoms with Crippen LogP contribution in [0.15, 0.2) is 24.3 Å². The highest BCUT2D eigenvalue weighted by atomic mass is 16.5. The van der Waals surface area contributed by atoms with Gasteiger partial charge < -0.3 is 14.7 Å². The number of phenolic OH excluding ortho intramolecular Hbond substituents is 1. The Labute approximate surface area is 120 Å². The number of ether oxygens (including phenoxy) is 1. The number of hydrogen-bond donors (Lipinski definition) is 1. The van der Waals surface area contributed by atoms with Gasteiger partial charge in [-0.3, -0.25) is 9.69 Å². The van der Waals surface area contributed by atoms with Gasteiger partial charge in [-0.2, -0.15) is 0 Å². The van der Waals surface area contributed by atoms with Crippen molar-refractivity contribution >= 4 is 5.91 Å². The number of carbonyl (C=O) groups excluding carboxylic acids is 1. The number of likely N-dealkylation sites (N-methyl/N-ethyl adjacent to an activating group) is 2. The molecule has 112 valence electrons. The van der Waals surface area contributed by atoms with E-state index in [-0.39, 0.29) is 11.7 Å². The Bertz CT molecular complexity index is 406. The van der Waals surface area contributed by atoms with E-state index < -0.39 is 0 Å². The molecule has 1 aromatic rings. The largest absolute Gasteiger partial charge is 0.508 e. The minimum absolute atomic E-state index is 0.0815. The second-order valence-electron chi connectivity index (χ2n) is 5.00. The van der Waals surface area contributed by atoms with Crippen LogP contribution in [0.5, 0.6) is 5.75 Å². The summed E-state index contributed by atoms with van der Waals surface area (Å²) in [6.45, 7) is 2.50. The van der Waals surface area contributed by atoms with Gasteiger partial charge in [0.2, 0.25) is 5.91 Å². The summed E-state index contributed by atoms with van der Waals surface area (Å²) in [6.07, 6.45) is 0.919. The van der Waals surface area contributed by atoms with Crippen molar-refractivity contribution in [2.45, 2.75) is 13.0 Å². The molecule has 1 aromatic carbocycles. The summed E-state index contributed by atoms with van der Waals surface area (Å²) in [5, 5.41) is 9.22. The molecule has 0 aliphatic rings. The number of carbonyl (C=O) groups is 1. The maximum atomic E-state index is 12.1. The molecule has 0 unspecified atom stereocenters. The molecule has 0 spiro atoms. The molecule has 1 amide bonds. The van der Waals surface area contributed by atoms with Crippen molar-refractivity contribution in [3.05, 3.63) is 29.8 Å². The third-order valence-electron chi connectivity index (χ3n) is 3.08. The summed E-state index contributed by atoms with van der Waals surface area (Å²) >= 11 is 0. The molecule has 20 heavy (non-hydrogen) atoms. The summed E-state index contributed by atoms with van der Waals surface area (Å²) in [6, 6.07) is 6.90. The molecule has 0 saturated carbocycles. The molecule has 5 nitrogen and oxygen atoms in total. The van der Waals surface area contributed by atoms with E-state index in [1.165, 1.54) is 0 Å². The first-order chi connectivity index (χ1) is 9.52. The van der Waals surface area contributed by atoms with Gasteiger partial charge in [-0.05, 0) is 31.2 Å². The third-order valence-corrected chi connectivity index (χ3v) is 3.08. The minimum Gasteiger partial charge on any atom is -0.508 e. The van der Waals surface area contributed by atoms with Crippen molar-refractivity contribution in [3.63, 3.8) is 0 Å². The molecular formula is C15H24N2O3. The Hall–Kier alpha value is -1.59. The second-order valence-corrected chi connectivity index (χ2v) is 5.00. The fraction of sp³-hybridized carbons (Fsp3) is 0.533. The normalized spacial score (nSPS) is 10.8. The molecule has 0 aromatic heterocycles. The van der Waals surface area contributed by atoms with Crippen LogP contribution in [0.4, 0.5) is 0 Å². The summed E-state index contributed by atoms with van der Waals surface area (Å²) in [5.41, 5.74) is 1.00. The van der Waals surface area contributed by atoms with Crippen LogP contribution < -0.4 is 0 Å². The Balaban J connectivity index is 2.36. The van der Waals surface area contributed by atoms with Gasteiger partial charge in [-0.1, -0.05) is 12.1 Å². The van der Waals surface area contributed by atoms with Crippen LogP contribution in [0.25, 0.3) is 0 Å². The van der Waals surface area contributed by atoms with Crippen molar-refractivity contribution in [2.24, 2.45) is 0 Å². The molecular weight excluding hydrogens is 256 g/mol. The highest BCUT2D eigenvalue weighted by molar-refractivity contribution is 5.77. The zero-order valence-corrected chi connectivity index (χ0v) is 12.5. The number of amides is 1. The number of phenols is 1. The summed E-state index contributed by atoms with van der Waals surface area (Å²) < 4.78 is 4.99. The van der Waals surface area contributed by atoms with Crippen LogP contribution in [0.3, 0.4) is 0 Å². The number of methoxy groups -OCH3 is 1. The Morgan fingerprint density at radius 2 is 1.90 bits per heavy atom. The van der Waals surface area contributed by atoms with Gasteiger partial charge in [-0.25, -0.2) is 0 Å². The average Bonchev–Trinajstić information content (AvgIpc) is 2.41. The lowest BCUT2D eigenvalue weighted by molar-refractivity contribution is -0.131. The highest BCUT2D eigenvalue weighted by Gasteiger charge is 2.11. The van der Waals surface area contributed by atoms with Crippen LogP contribution in [0, 0.1) is 0 Å². The summed E-state index contributed by atoms with van der Waals surface area (Å²) in [7, 11) is 5.40. The first-order valence-electron chi connectivity index (χ1n) is 6.72. The van der Waals surface area contributed by atoms with Gasteiger partial charge in [0.25, 0.3) is 0 Å². The lowest BCUT2D eigenvalue weighted by Gasteiger charge is -2.22. The Morgan fingerprint density at radius 3 is 2.50 bits per heavy atom. The smallest absolute Gasteiger partial charge is 0.236 e. The van der Waals surface area contributed by atoms with Crippen molar-refractivity contribution < 1.29 is 14.6 Å². The predicted molar refractivity (Wildman–Crippen MR) is 78.6 cm³/mol. The van der Waals surface area contributed by atoms with Crippen molar-refractivity contribution in [2.75, 3.05) is 40.9 Å². The molecule has 0 atom stereocenters. The van der Waals surface area contributed by atoms with Gasteiger partial charge in [0.05, 0.1) is 6.54 Å². The summed E-state index contributed by atoms with van der Waals surface area (Å²) in [4.78, 5) is 15.7. The number of aromatic hydroxyl groups is 1. The number of rotatable bonds is 8. The molecule has 0 radical (unpaired) electrons. The van der Waals surface area contributed by atoms with Gasteiger partial charge in [-0.15, -0.1) is 0 Å². The van der Waals surface area contributed by atoms with Gasteiger partial charge in [0.1, 0.15) is 5.75 Å².